The number of nitrogens with zero attached hydrogens (tertiary/aromatic N) is 5. The summed E-state index contributed by atoms with van der Waals surface area (Å²) in [4.78, 5) is 32.0. The first-order valence-corrected chi connectivity index (χ1v) is 13.2. The summed E-state index contributed by atoms with van der Waals surface area (Å²) in [6.07, 6.45) is 5.79. The van der Waals surface area contributed by atoms with Gasteiger partial charge < -0.3 is 19.5 Å². The number of aliphatic hydroxyl groups is 1. The maximum Gasteiger partial charge on any atom is 0.264 e. The van der Waals surface area contributed by atoms with Crippen LogP contribution in [0.1, 0.15) is 25.7 Å². The normalized spacial score (nSPS) is 16.8. The monoisotopic (exact) mass is 529 g/mol. The smallest absolute Gasteiger partial charge is 0.264 e. The molecule has 4 aromatic rings. The van der Waals surface area contributed by atoms with E-state index in [0.717, 1.165) is 29.7 Å². The number of amides is 1. The van der Waals surface area contributed by atoms with Crippen molar-refractivity contribution in [2.75, 3.05) is 27.3 Å². The lowest BCUT2D eigenvalue weighted by Crippen LogP contribution is -2.50. The van der Waals surface area contributed by atoms with Gasteiger partial charge in [-0.1, -0.05) is 18.2 Å². The molecule has 1 aliphatic carbocycles. The first-order valence-electron chi connectivity index (χ1n) is 13.2. The maximum absolute atomic E-state index is 13.3. The van der Waals surface area contributed by atoms with Crippen LogP contribution >= 0.6 is 0 Å². The molecular weight excluding hydrogens is 498 g/mol. The number of ether oxygens (including phenoxy) is 2. The lowest BCUT2D eigenvalue weighted by molar-refractivity contribution is -0.137. The van der Waals surface area contributed by atoms with Crippen LogP contribution in [0.25, 0.3) is 27.8 Å². The molecule has 0 spiro atoms. The summed E-state index contributed by atoms with van der Waals surface area (Å²) >= 11 is 0. The zero-order valence-corrected chi connectivity index (χ0v) is 22.0. The van der Waals surface area contributed by atoms with E-state index in [1.54, 1.807) is 18.9 Å². The second kappa shape index (κ2) is 9.85. The third-order valence-corrected chi connectivity index (χ3v) is 7.78. The van der Waals surface area contributed by atoms with Gasteiger partial charge in [-0.3, -0.25) is 14.2 Å². The lowest BCUT2D eigenvalue weighted by Gasteiger charge is -2.38. The lowest BCUT2D eigenvalue weighted by atomic mass is 9.91. The highest BCUT2D eigenvalue weighted by Crippen LogP contribution is 2.34. The predicted octanol–water partition coefficient (Wildman–Crippen LogP) is 3.03. The van der Waals surface area contributed by atoms with Crippen LogP contribution in [0.15, 0.2) is 59.8 Å². The Morgan fingerprint density at radius 2 is 1.72 bits per heavy atom. The minimum atomic E-state index is -1.06. The van der Waals surface area contributed by atoms with Gasteiger partial charge in [-0.2, -0.15) is 5.10 Å². The Morgan fingerprint density at radius 3 is 2.38 bits per heavy atom. The number of piperidine rings is 1. The quantitative estimate of drug-likeness (QED) is 0.392. The number of carbonyl (C=O) groups excluding carboxylic acids is 1. The van der Waals surface area contributed by atoms with E-state index in [0.29, 0.717) is 48.5 Å². The van der Waals surface area contributed by atoms with Crippen LogP contribution in [0, 0.1) is 5.92 Å². The van der Waals surface area contributed by atoms with Crippen LogP contribution in [-0.4, -0.2) is 68.2 Å². The van der Waals surface area contributed by atoms with Gasteiger partial charge in [0.15, 0.2) is 17.1 Å². The third-order valence-electron chi connectivity index (χ3n) is 7.78. The molecule has 2 aliphatic rings. The van der Waals surface area contributed by atoms with E-state index in [1.165, 1.54) is 17.1 Å². The summed E-state index contributed by atoms with van der Waals surface area (Å²) in [7, 11) is 3.21. The van der Waals surface area contributed by atoms with E-state index >= 15 is 0 Å². The number of benzene rings is 2. The summed E-state index contributed by atoms with van der Waals surface area (Å²) in [6.45, 7) is 1.15. The molecule has 0 unspecified atom stereocenters. The average Bonchev–Trinajstić information content (AvgIpc) is 3.73. The molecule has 6 rings (SSSR count). The molecule has 2 aromatic heterocycles. The fourth-order valence-corrected chi connectivity index (χ4v) is 5.27. The summed E-state index contributed by atoms with van der Waals surface area (Å²) in [5.41, 5.74) is 1.88. The van der Waals surface area contributed by atoms with Gasteiger partial charge in [0.1, 0.15) is 11.7 Å². The zero-order chi connectivity index (χ0) is 27.1. The molecule has 1 amide bonds. The third kappa shape index (κ3) is 4.76. The molecule has 1 aliphatic heterocycles. The summed E-state index contributed by atoms with van der Waals surface area (Å²) in [5, 5.41) is 16.0. The van der Waals surface area contributed by atoms with Crippen LogP contribution in [0.4, 0.5) is 0 Å². The summed E-state index contributed by atoms with van der Waals surface area (Å²) in [6, 6.07) is 13.5. The highest BCUT2D eigenvalue weighted by molar-refractivity contribution is 5.81. The van der Waals surface area contributed by atoms with Crippen LogP contribution in [-0.2, 0) is 11.3 Å². The largest absolute Gasteiger partial charge is 0.493 e. The first-order chi connectivity index (χ1) is 18.9. The van der Waals surface area contributed by atoms with Gasteiger partial charge in [0, 0.05) is 19.0 Å². The SMILES string of the molecule is COc1ccc(-c2ccc(-n3ncc4c(=O)n(CC5(O)CCN(C(=O)C6CC6)CC5)cnc43)cc2)cc1OC. The number of methoxy groups -OCH3 is 2. The van der Waals surface area contributed by atoms with Crippen molar-refractivity contribution in [3.63, 3.8) is 0 Å². The fraction of sp³-hybridized carbons (Fsp3) is 0.379. The maximum atomic E-state index is 13.3. The highest BCUT2D eigenvalue weighted by atomic mass is 16.5. The topological polar surface area (TPSA) is 112 Å². The van der Waals surface area contributed by atoms with Crippen molar-refractivity contribution in [2.24, 2.45) is 5.92 Å². The number of rotatable bonds is 7. The number of likely N-dealkylation sites (tertiary alicyclic amines) is 1. The van der Waals surface area contributed by atoms with Crippen molar-refractivity contribution < 1.29 is 19.4 Å². The number of aromatic nitrogens is 4. The molecule has 2 fully saturated rings. The Kier molecular flexibility index (Phi) is 6.34. The van der Waals surface area contributed by atoms with E-state index in [2.05, 4.69) is 10.1 Å². The van der Waals surface area contributed by atoms with Gasteiger partial charge in [-0.25, -0.2) is 9.67 Å². The van der Waals surface area contributed by atoms with Gasteiger partial charge in [0.25, 0.3) is 5.56 Å². The fourth-order valence-electron chi connectivity index (χ4n) is 5.27. The predicted molar refractivity (Wildman–Crippen MR) is 145 cm³/mol. The van der Waals surface area contributed by atoms with Crippen LogP contribution in [0.2, 0.25) is 0 Å². The first kappa shape index (κ1) is 25.1. The Morgan fingerprint density at radius 1 is 1.03 bits per heavy atom. The molecular formula is C29H31N5O5. The zero-order valence-electron chi connectivity index (χ0n) is 22.0. The molecule has 0 bridgehead atoms. The van der Waals surface area contributed by atoms with Crippen molar-refractivity contribution in [3.05, 3.63) is 65.3 Å². The minimum Gasteiger partial charge on any atom is -0.493 e. The number of hydrogen-bond acceptors (Lipinski definition) is 7. The Balaban J connectivity index is 1.20. The standard InChI is InChI=1S/C29H31N5O5/c1-38-24-10-7-21(15-25(24)39-2)19-5-8-22(9-6-19)34-26-23(16-31-34)28(36)33(18-30-26)17-29(37)11-13-32(14-12-29)27(35)20-3-4-20/h5-10,15-16,18,20,37H,3-4,11-14,17H2,1-2H3. The summed E-state index contributed by atoms with van der Waals surface area (Å²) < 4.78 is 13.8. The van der Waals surface area contributed by atoms with Gasteiger partial charge in [-0.05, 0) is 61.1 Å². The molecule has 1 N–H and O–H groups in total. The second-order valence-electron chi connectivity index (χ2n) is 10.4. The molecule has 10 heteroatoms. The Hall–Kier alpha value is -4.18. The van der Waals surface area contributed by atoms with E-state index in [9.17, 15) is 14.7 Å². The van der Waals surface area contributed by atoms with Crippen LogP contribution in [0.5, 0.6) is 11.5 Å². The molecule has 10 nitrogen and oxygen atoms in total. The minimum absolute atomic E-state index is 0.130. The van der Waals surface area contributed by atoms with E-state index in [1.807, 2.05) is 47.4 Å². The van der Waals surface area contributed by atoms with Gasteiger partial charge in [0.2, 0.25) is 5.91 Å². The molecule has 0 atom stereocenters. The van der Waals surface area contributed by atoms with Crippen LogP contribution in [0.3, 0.4) is 0 Å². The van der Waals surface area contributed by atoms with Gasteiger partial charge in [0.05, 0.1) is 38.2 Å². The Bertz CT molecular complexity index is 1580. The average molecular weight is 530 g/mol. The van der Waals surface area contributed by atoms with Crippen molar-refractivity contribution >= 4 is 16.9 Å². The van der Waals surface area contributed by atoms with E-state index < -0.39 is 5.60 Å². The molecule has 3 heterocycles. The van der Waals surface area contributed by atoms with Crippen molar-refractivity contribution in [3.8, 4) is 28.3 Å². The second-order valence-corrected chi connectivity index (χ2v) is 10.4. The van der Waals surface area contributed by atoms with Gasteiger partial charge >= 0.3 is 0 Å². The van der Waals surface area contributed by atoms with Crippen molar-refractivity contribution in [1.82, 2.24) is 24.2 Å². The Labute approximate surface area is 225 Å². The van der Waals surface area contributed by atoms with Crippen molar-refractivity contribution in [2.45, 2.75) is 37.8 Å². The van der Waals surface area contributed by atoms with Gasteiger partial charge in [-0.15, -0.1) is 0 Å². The summed E-state index contributed by atoms with van der Waals surface area (Å²) in [5.74, 6) is 1.68. The molecule has 202 valence electrons. The molecule has 1 saturated carbocycles. The van der Waals surface area contributed by atoms with E-state index in [4.69, 9.17) is 9.47 Å². The molecule has 39 heavy (non-hydrogen) atoms. The molecule has 0 radical (unpaired) electrons. The van der Waals surface area contributed by atoms with Crippen LogP contribution < -0.4 is 15.0 Å². The molecule has 1 saturated heterocycles. The molecule has 2 aromatic carbocycles. The number of carbonyl (C=O) groups is 1. The highest BCUT2D eigenvalue weighted by Gasteiger charge is 2.39. The number of fused-ring (bicyclic) bond motifs is 1. The number of hydrogen-bond donors (Lipinski definition) is 1. The van der Waals surface area contributed by atoms with E-state index in [-0.39, 0.29) is 23.9 Å². The van der Waals surface area contributed by atoms with Crippen molar-refractivity contribution in [1.29, 1.82) is 0 Å².